The summed E-state index contributed by atoms with van der Waals surface area (Å²) in [5, 5.41) is 8.91. The largest absolute Gasteiger partial charge is 0.480 e. The fraction of sp³-hybridized carbons (Fsp3) is 0.857. The first kappa shape index (κ1) is 18.7. The van der Waals surface area contributed by atoms with Crippen molar-refractivity contribution >= 4 is 12.0 Å². The quantitative estimate of drug-likeness (QED) is 0.625. The summed E-state index contributed by atoms with van der Waals surface area (Å²) in [6.07, 6.45) is 3.09. The van der Waals surface area contributed by atoms with Gasteiger partial charge in [-0.05, 0) is 20.3 Å². The molecule has 0 atom stereocenters. The molecule has 0 aliphatic rings. The molecule has 0 spiro atoms. The van der Waals surface area contributed by atoms with Crippen molar-refractivity contribution < 1.29 is 19.4 Å². The smallest absolute Gasteiger partial charge is 0.323 e. The van der Waals surface area contributed by atoms with Crippen molar-refractivity contribution in [1.82, 2.24) is 9.80 Å². The van der Waals surface area contributed by atoms with Gasteiger partial charge in [-0.3, -0.25) is 4.79 Å². The molecule has 2 amide bonds. The molecule has 0 fully saturated rings. The average molecular weight is 288 g/mol. The van der Waals surface area contributed by atoms with Crippen LogP contribution in [0.2, 0.25) is 0 Å². The Morgan fingerprint density at radius 3 is 2.30 bits per heavy atom. The summed E-state index contributed by atoms with van der Waals surface area (Å²) in [5.74, 6) is -1.01. The molecule has 0 saturated carbocycles. The van der Waals surface area contributed by atoms with Crippen LogP contribution in [0, 0.1) is 0 Å². The molecule has 0 aliphatic heterocycles. The molecular weight excluding hydrogens is 260 g/mol. The summed E-state index contributed by atoms with van der Waals surface area (Å²) in [5.41, 5.74) is 0. The van der Waals surface area contributed by atoms with Crippen LogP contribution in [-0.2, 0) is 9.53 Å². The van der Waals surface area contributed by atoms with Gasteiger partial charge in [0.25, 0.3) is 0 Å². The van der Waals surface area contributed by atoms with Gasteiger partial charge in [-0.2, -0.15) is 0 Å². The monoisotopic (exact) mass is 288 g/mol. The number of methoxy groups -OCH3 is 1. The van der Waals surface area contributed by atoms with E-state index in [0.717, 1.165) is 19.3 Å². The van der Waals surface area contributed by atoms with Crippen LogP contribution in [0.5, 0.6) is 0 Å². The molecule has 0 rings (SSSR count). The fourth-order valence-corrected chi connectivity index (χ4v) is 1.90. The van der Waals surface area contributed by atoms with Gasteiger partial charge in [-0.15, -0.1) is 0 Å². The molecule has 20 heavy (non-hydrogen) atoms. The SMILES string of the molecule is CCCCCN(C(=O)N(CCOC)CC(=O)O)C(C)C. The van der Waals surface area contributed by atoms with Gasteiger partial charge in [0, 0.05) is 26.2 Å². The number of hydrogen-bond donors (Lipinski definition) is 1. The van der Waals surface area contributed by atoms with E-state index in [4.69, 9.17) is 9.84 Å². The Bertz CT molecular complexity index is 295. The number of amides is 2. The number of rotatable bonds is 10. The number of carboxylic acids is 1. The molecule has 1 N–H and O–H groups in total. The van der Waals surface area contributed by atoms with Crippen molar-refractivity contribution in [3.63, 3.8) is 0 Å². The van der Waals surface area contributed by atoms with Crippen molar-refractivity contribution in [3.8, 4) is 0 Å². The summed E-state index contributed by atoms with van der Waals surface area (Å²) in [6.45, 7) is 6.99. The Balaban J connectivity index is 4.70. The second-order valence-electron chi connectivity index (χ2n) is 5.08. The second-order valence-corrected chi connectivity index (χ2v) is 5.08. The number of carboxylic acid groups (broad SMARTS) is 1. The molecule has 0 radical (unpaired) electrons. The van der Waals surface area contributed by atoms with Crippen molar-refractivity contribution in [2.24, 2.45) is 0 Å². The predicted octanol–water partition coefficient (Wildman–Crippen LogP) is 2.04. The summed E-state index contributed by atoms with van der Waals surface area (Å²) in [6, 6.07) is -0.172. The number of aliphatic carboxylic acids is 1. The van der Waals surface area contributed by atoms with Crippen molar-refractivity contribution in [2.75, 3.05) is 33.4 Å². The average Bonchev–Trinajstić information content (AvgIpc) is 2.38. The minimum Gasteiger partial charge on any atom is -0.480 e. The van der Waals surface area contributed by atoms with Crippen LogP contribution in [0.15, 0.2) is 0 Å². The molecule has 0 saturated heterocycles. The standard InChI is InChI=1S/C14H28N2O4/c1-5-6-7-8-16(12(2)3)14(19)15(9-10-20-4)11-13(17)18/h12H,5-11H2,1-4H3,(H,17,18). The van der Waals surface area contributed by atoms with Crippen LogP contribution >= 0.6 is 0 Å². The Morgan fingerprint density at radius 2 is 1.85 bits per heavy atom. The maximum Gasteiger partial charge on any atom is 0.323 e. The number of nitrogens with zero attached hydrogens (tertiary/aromatic N) is 2. The van der Waals surface area contributed by atoms with Gasteiger partial charge < -0.3 is 19.6 Å². The molecule has 0 bridgehead atoms. The third-order valence-corrected chi connectivity index (χ3v) is 3.03. The van der Waals surface area contributed by atoms with E-state index in [-0.39, 0.29) is 18.6 Å². The van der Waals surface area contributed by atoms with Gasteiger partial charge in [0.1, 0.15) is 6.54 Å². The lowest BCUT2D eigenvalue weighted by atomic mass is 10.2. The molecule has 0 aromatic rings. The van der Waals surface area contributed by atoms with Gasteiger partial charge in [-0.25, -0.2) is 4.79 Å². The zero-order valence-electron chi connectivity index (χ0n) is 13.1. The van der Waals surface area contributed by atoms with Gasteiger partial charge in [0.2, 0.25) is 0 Å². The van der Waals surface area contributed by atoms with E-state index in [1.54, 1.807) is 4.90 Å². The third kappa shape index (κ3) is 7.33. The summed E-state index contributed by atoms with van der Waals surface area (Å²) in [7, 11) is 1.53. The number of ether oxygens (including phenoxy) is 1. The molecule has 0 aromatic heterocycles. The third-order valence-electron chi connectivity index (χ3n) is 3.03. The highest BCUT2D eigenvalue weighted by atomic mass is 16.5. The zero-order valence-corrected chi connectivity index (χ0v) is 13.1. The molecule has 6 heteroatoms. The molecule has 0 aliphatic carbocycles. The molecule has 0 unspecified atom stereocenters. The van der Waals surface area contributed by atoms with E-state index in [1.165, 1.54) is 12.0 Å². The maximum atomic E-state index is 12.5. The molecule has 0 heterocycles. The van der Waals surface area contributed by atoms with Crippen molar-refractivity contribution in [2.45, 2.75) is 46.1 Å². The highest BCUT2D eigenvalue weighted by Crippen LogP contribution is 2.08. The first-order valence-electron chi connectivity index (χ1n) is 7.20. The van der Waals surface area contributed by atoms with Crippen LogP contribution in [0.4, 0.5) is 4.79 Å². The van der Waals surface area contributed by atoms with Gasteiger partial charge in [0.05, 0.1) is 6.61 Å². The number of carbonyl (C=O) groups excluding carboxylic acids is 1. The number of urea groups is 1. The van der Waals surface area contributed by atoms with Crippen molar-refractivity contribution in [1.29, 1.82) is 0 Å². The highest BCUT2D eigenvalue weighted by molar-refractivity contribution is 5.80. The second kappa shape index (κ2) is 10.5. The minimum absolute atomic E-state index is 0.0539. The van der Waals surface area contributed by atoms with Gasteiger partial charge >= 0.3 is 12.0 Å². The number of carbonyl (C=O) groups is 2. The summed E-state index contributed by atoms with van der Waals surface area (Å²) < 4.78 is 4.94. The lowest BCUT2D eigenvalue weighted by Crippen LogP contribution is -2.49. The van der Waals surface area contributed by atoms with Crippen LogP contribution in [0.3, 0.4) is 0 Å². The van der Waals surface area contributed by atoms with Crippen LogP contribution < -0.4 is 0 Å². The highest BCUT2D eigenvalue weighted by Gasteiger charge is 2.24. The van der Waals surface area contributed by atoms with Crippen LogP contribution in [0.1, 0.15) is 40.0 Å². The Hall–Kier alpha value is -1.30. The summed E-state index contributed by atoms with van der Waals surface area (Å²) >= 11 is 0. The Kier molecular flexibility index (Phi) is 9.80. The normalized spacial score (nSPS) is 10.7. The Morgan fingerprint density at radius 1 is 1.20 bits per heavy atom. The van der Waals surface area contributed by atoms with Crippen LogP contribution in [-0.4, -0.2) is 66.3 Å². The number of unbranched alkanes of at least 4 members (excludes halogenated alkanes) is 2. The topological polar surface area (TPSA) is 70.1 Å². The first-order valence-corrected chi connectivity index (χ1v) is 7.20. The van der Waals surface area contributed by atoms with E-state index in [0.29, 0.717) is 19.7 Å². The van der Waals surface area contributed by atoms with E-state index in [1.807, 2.05) is 13.8 Å². The molecule has 118 valence electrons. The lowest BCUT2D eigenvalue weighted by molar-refractivity contribution is -0.137. The molecule has 0 aromatic carbocycles. The number of hydrogen-bond acceptors (Lipinski definition) is 3. The van der Waals surface area contributed by atoms with E-state index >= 15 is 0 Å². The predicted molar refractivity (Wildman–Crippen MR) is 77.8 cm³/mol. The van der Waals surface area contributed by atoms with Crippen molar-refractivity contribution in [3.05, 3.63) is 0 Å². The van der Waals surface area contributed by atoms with E-state index in [9.17, 15) is 9.59 Å². The minimum atomic E-state index is -1.01. The zero-order chi connectivity index (χ0) is 15.5. The Labute approximate surface area is 121 Å². The van der Waals surface area contributed by atoms with Gasteiger partial charge in [-0.1, -0.05) is 19.8 Å². The molecular formula is C14H28N2O4. The fourth-order valence-electron chi connectivity index (χ4n) is 1.90. The van der Waals surface area contributed by atoms with Crippen LogP contribution in [0.25, 0.3) is 0 Å². The van der Waals surface area contributed by atoms with Gasteiger partial charge in [0.15, 0.2) is 0 Å². The first-order chi connectivity index (χ1) is 9.43. The molecule has 6 nitrogen and oxygen atoms in total. The summed E-state index contributed by atoms with van der Waals surface area (Å²) in [4.78, 5) is 26.4. The lowest BCUT2D eigenvalue weighted by Gasteiger charge is -2.32. The van der Waals surface area contributed by atoms with E-state index < -0.39 is 5.97 Å². The van der Waals surface area contributed by atoms with E-state index in [2.05, 4.69) is 6.92 Å². The maximum absolute atomic E-state index is 12.5.